The molecule has 0 aromatic heterocycles. The van der Waals surface area contributed by atoms with E-state index in [1.807, 2.05) is 0 Å². The molecule has 0 atom stereocenters. The minimum absolute atomic E-state index is 0.0372. The molecule has 0 N–H and O–H groups in total. The van der Waals surface area contributed by atoms with Crippen LogP contribution in [0.5, 0.6) is 5.75 Å². The van der Waals surface area contributed by atoms with E-state index in [1.165, 1.54) is 18.2 Å². The Kier molecular flexibility index (Phi) is 4.17. The number of carbonyl (C=O) groups excluding carboxylic acids is 1. The molecule has 2 nitrogen and oxygen atoms in total. The Balaban J connectivity index is 2.83. The van der Waals surface area contributed by atoms with Crippen LogP contribution in [-0.4, -0.2) is 18.5 Å². The summed E-state index contributed by atoms with van der Waals surface area (Å²) in [7, 11) is 0. The number of benzene rings is 1. The summed E-state index contributed by atoms with van der Waals surface area (Å²) in [4.78, 5) is 10.8. The van der Waals surface area contributed by atoms with E-state index in [-0.39, 0.29) is 17.2 Å². The van der Waals surface area contributed by atoms with Crippen LogP contribution in [0.3, 0.4) is 0 Å². The van der Waals surface area contributed by atoms with Crippen molar-refractivity contribution < 1.29 is 13.9 Å². The van der Waals surface area contributed by atoms with Crippen LogP contribution in [0.25, 0.3) is 0 Å². The predicted molar refractivity (Wildman–Crippen MR) is 53.1 cm³/mol. The van der Waals surface area contributed by atoms with Crippen molar-refractivity contribution in [1.82, 2.24) is 0 Å². The molecule has 0 aliphatic heterocycles. The number of carbonyl (C=O) groups is 1. The van der Waals surface area contributed by atoms with Gasteiger partial charge in [0.2, 0.25) is 0 Å². The minimum atomic E-state index is -0.632. The third-order valence-electron chi connectivity index (χ3n) is 1.50. The minimum Gasteiger partial charge on any atom is -0.491 e. The van der Waals surface area contributed by atoms with Crippen LogP contribution in [0.2, 0.25) is 5.02 Å². The van der Waals surface area contributed by atoms with Crippen LogP contribution in [0.15, 0.2) is 18.2 Å². The first-order valence-corrected chi connectivity index (χ1v) is 4.59. The number of hydrogen-bond acceptors (Lipinski definition) is 2. The van der Waals surface area contributed by atoms with Gasteiger partial charge in [-0.2, -0.15) is 0 Å². The smallest absolute Gasteiger partial charge is 0.253 e. The standard InChI is InChI=1S/C9H7Cl2FO2/c10-8-5-6(14-4-3-12)1-2-7(8)9(11)13/h1-2,5H,3-4H2. The lowest BCUT2D eigenvalue weighted by molar-refractivity contribution is 0.108. The molecule has 0 saturated heterocycles. The summed E-state index contributed by atoms with van der Waals surface area (Å²) in [5.74, 6) is 0.411. The number of hydrogen-bond donors (Lipinski definition) is 0. The molecule has 0 unspecified atom stereocenters. The normalized spacial score (nSPS) is 9.93. The van der Waals surface area contributed by atoms with Gasteiger partial charge < -0.3 is 4.74 Å². The quantitative estimate of drug-likeness (QED) is 0.752. The van der Waals surface area contributed by atoms with Crippen LogP contribution >= 0.6 is 23.2 Å². The molecule has 76 valence electrons. The highest BCUT2D eigenvalue weighted by molar-refractivity contribution is 6.68. The summed E-state index contributed by atoms with van der Waals surface area (Å²) < 4.78 is 16.7. The van der Waals surface area contributed by atoms with Crippen LogP contribution in [0.1, 0.15) is 10.4 Å². The molecule has 14 heavy (non-hydrogen) atoms. The van der Waals surface area contributed by atoms with Crippen molar-refractivity contribution in [2.75, 3.05) is 13.3 Å². The summed E-state index contributed by atoms with van der Waals surface area (Å²) in [5.41, 5.74) is 0.209. The lowest BCUT2D eigenvalue weighted by Gasteiger charge is -2.05. The Morgan fingerprint density at radius 2 is 2.21 bits per heavy atom. The number of ether oxygens (including phenoxy) is 1. The first-order valence-electron chi connectivity index (χ1n) is 3.83. The molecule has 0 aliphatic carbocycles. The van der Waals surface area contributed by atoms with Crippen molar-refractivity contribution >= 4 is 28.4 Å². The fourth-order valence-corrected chi connectivity index (χ4v) is 1.37. The van der Waals surface area contributed by atoms with E-state index >= 15 is 0 Å². The second kappa shape index (κ2) is 5.17. The van der Waals surface area contributed by atoms with Gasteiger partial charge in [-0.25, -0.2) is 4.39 Å². The monoisotopic (exact) mass is 236 g/mol. The molecule has 1 aromatic rings. The van der Waals surface area contributed by atoms with Crippen molar-refractivity contribution in [3.63, 3.8) is 0 Å². The third-order valence-corrected chi connectivity index (χ3v) is 2.01. The van der Waals surface area contributed by atoms with E-state index in [0.717, 1.165) is 0 Å². The Bertz CT molecular complexity index is 342. The van der Waals surface area contributed by atoms with Crippen molar-refractivity contribution in [2.24, 2.45) is 0 Å². The summed E-state index contributed by atoms with van der Waals surface area (Å²) in [6, 6.07) is 4.37. The van der Waals surface area contributed by atoms with Gasteiger partial charge >= 0.3 is 0 Å². The lowest BCUT2D eigenvalue weighted by atomic mass is 10.2. The maximum atomic E-state index is 11.8. The Labute approximate surface area is 90.6 Å². The van der Waals surface area contributed by atoms with Gasteiger partial charge in [-0.15, -0.1) is 0 Å². The van der Waals surface area contributed by atoms with E-state index in [1.54, 1.807) is 0 Å². The van der Waals surface area contributed by atoms with Crippen LogP contribution in [0, 0.1) is 0 Å². The highest BCUT2D eigenvalue weighted by Gasteiger charge is 2.08. The Hall–Kier alpha value is -0.800. The van der Waals surface area contributed by atoms with E-state index in [2.05, 4.69) is 0 Å². The fourth-order valence-electron chi connectivity index (χ4n) is 0.901. The highest BCUT2D eigenvalue weighted by atomic mass is 35.5. The predicted octanol–water partition coefficient (Wildman–Crippen LogP) is 3.07. The maximum Gasteiger partial charge on any atom is 0.253 e. The van der Waals surface area contributed by atoms with Crippen LogP contribution in [-0.2, 0) is 0 Å². The molecular formula is C9H7Cl2FO2. The molecule has 0 heterocycles. The lowest BCUT2D eigenvalue weighted by Crippen LogP contribution is -1.99. The van der Waals surface area contributed by atoms with Gasteiger partial charge in [-0.3, -0.25) is 4.79 Å². The topological polar surface area (TPSA) is 26.3 Å². The van der Waals surface area contributed by atoms with E-state index in [4.69, 9.17) is 27.9 Å². The Morgan fingerprint density at radius 1 is 1.50 bits per heavy atom. The molecule has 5 heteroatoms. The zero-order valence-electron chi connectivity index (χ0n) is 7.10. The average Bonchev–Trinajstić information content (AvgIpc) is 2.14. The van der Waals surface area contributed by atoms with Gasteiger partial charge in [0.25, 0.3) is 5.24 Å². The second-order valence-electron chi connectivity index (χ2n) is 2.45. The molecule has 0 fully saturated rings. The van der Waals surface area contributed by atoms with Crippen molar-refractivity contribution in [1.29, 1.82) is 0 Å². The molecule has 0 spiro atoms. The zero-order chi connectivity index (χ0) is 10.6. The fraction of sp³-hybridized carbons (Fsp3) is 0.222. The molecular weight excluding hydrogens is 230 g/mol. The van der Waals surface area contributed by atoms with Crippen molar-refractivity contribution in [3.05, 3.63) is 28.8 Å². The highest BCUT2D eigenvalue weighted by Crippen LogP contribution is 2.23. The molecule has 0 amide bonds. The van der Waals surface area contributed by atoms with E-state index < -0.39 is 11.9 Å². The van der Waals surface area contributed by atoms with Crippen LogP contribution < -0.4 is 4.74 Å². The average molecular weight is 237 g/mol. The SMILES string of the molecule is O=C(Cl)c1ccc(OCCF)cc1Cl. The molecule has 0 radical (unpaired) electrons. The molecule has 0 aliphatic rings. The van der Waals surface area contributed by atoms with Gasteiger partial charge in [-0.05, 0) is 29.8 Å². The maximum absolute atomic E-state index is 11.8. The summed E-state index contributed by atoms with van der Waals surface area (Å²) in [6.45, 7) is -0.613. The molecule has 1 rings (SSSR count). The summed E-state index contributed by atoms with van der Waals surface area (Å²) in [6.07, 6.45) is 0. The number of alkyl halides is 1. The van der Waals surface area contributed by atoms with E-state index in [0.29, 0.717) is 5.75 Å². The molecule has 0 bridgehead atoms. The van der Waals surface area contributed by atoms with Gasteiger partial charge in [0.1, 0.15) is 19.0 Å². The van der Waals surface area contributed by atoms with E-state index in [9.17, 15) is 9.18 Å². The van der Waals surface area contributed by atoms with Gasteiger partial charge in [0.15, 0.2) is 0 Å². The summed E-state index contributed by atoms with van der Waals surface area (Å²) in [5, 5.41) is -0.437. The van der Waals surface area contributed by atoms with Crippen LogP contribution in [0.4, 0.5) is 4.39 Å². The largest absolute Gasteiger partial charge is 0.491 e. The number of rotatable bonds is 4. The zero-order valence-corrected chi connectivity index (χ0v) is 8.61. The van der Waals surface area contributed by atoms with Crippen molar-refractivity contribution in [3.8, 4) is 5.75 Å². The summed E-state index contributed by atoms with van der Waals surface area (Å²) >= 11 is 11.0. The first kappa shape index (κ1) is 11.3. The van der Waals surface area contributed by atoms with Gasteiger partial charge in [-0.1, -0.05) is 11.6 Å². The molecule has 1 aromatic carbocycles. The molecule has 0 saturated carbocycles. The van der Waals surface area contributed by atoms with Crippen molar-refractivity contribution in [2.45, 2.75) is 0 Å². The third kappa shape index (κ3) is 2.86. The number of halogens is 3. The Morgan fingerprint density at radius 3 is 2.71 bits per heavy atom. The van der Waals surface area contributed by atoms with Gasteiger partial charge in [0.05, 0.1) is 10.6 Å². The second-order valence-corrected chi connectivity index (χ2v) is 3.20. The first-order chi connectivity index (χ1) is 6.65. The van der Waals surface area contributed by atoms with Gasteiger partial charge in [0, 0.05) is 0 Å².